The van der Waals surface area contributed by atoms with E-state index in [1.807, 2.05) is 0 Å². The van der Waals surface area contributed by atoms with E-state index in [-0.39, 0.29) is 11.7 Å². The highest BCUT2D eigenvalue weighted by Gasteiger charge is 2.25. The van der Waals surface area contributed by atoms with Crippen molar-refractivity contribution >= 4 is 23.7 Å². The van der Waals surface area contributed by atoms with Gasteiger partial charge >= 0.3 is 0 Å². The molecule has 6 nitrogen and oxygen atoms in total. The van der Waals surface area contributed by atoms with Crippen molar-refractivity contribution in [1.82, 2.24) is 0 Å². The molecule has 2 atom stereocenters. The summed E-state index contributed by atoms with van der Waals surface area (Å²) in [6.07, 6.45) is -0.548. The summed E-state index contributed by atoms with van der Waals surface area (Å²) in [7, 11) is 0. The molecule has 0 saturated carbocycles. The fraction of sp³-hybridized carbons (Fsp3) is 0.211. The topological polar surface area (TPSA) is 81.7 Å². The van der Waals surface area contributed by atoms with Crippen LogP contribution in [0.2, 0.25) is 0 Å². The zero-order valence-electron chi connectivity index (χ0n) is 13.8. The minimum Gasteiger partial charge on any atom is -0.483 e. The molecule has 0 fully saturated rings. The molecular weight excluding hydrogens is 322 g/mol. The number of ether oxygens (including phenoxy) is 2. The molecule has 0 aromatic heterocycles. The highest BCUT2D eigenvalue weighted by molar-refractivity contribution is 6.03. The van der Waals surface area contributed by atoms with Crippen LogP contribution in [0.1, 0.15) is 34.6 Å². The second-order valence-corrected chi connectivity index (χ2v) is 5.77. The molecule has 1 amide bonds. The van der Waals surface area contributed by atoms with Gasteiger partial charge in [-0.25, -0.2) is 0 Å². The summed E-state index contributed by atoms with van der Waals surface area (Å²) >= 11 is 0. The Kier molecular flexibility index (Phi) is 4.52. The van der Waals surface area contributed by atoms with Crippen LogP contribution >= 0.6 is 0 Å². The average Bonchev–Trinajstić information content (AvgIpc) is 2.62. The number of anilines is 1. The van der Waals surface area contributed by atoms with E-state index < -0.39 is 12.2 Å². The van der Waals surface area contributed by atoms with E-state index in [1.54, 1.807) is 56.3 Å². The Labute approximate surface area is 144 Å². The van der Waals surface area contributed by atoms with Gasteiger partial charge < -0.3 is 14.8 Å². The van der Waals surface area contributed by atoms with Crippen LogP contribution in [0.5, 0.6) is 11.5 Å². The number of fused-ring (bicyclic) bond motifs is 1. The Hall–Kier alpha value is -3.15. The number of hydrogen-bond acceptors (Lipinski definition) is 5. The minimum atomic E-state index is -0.723. The molecule has 0 bridgehead atoms. The largest absolute Gasteiger partial charge is 0.483 e. The second-order valence-electron chi connectivity index (χ2n) is 5.77. The van der Waals surface area contributed by atoms with Crippen molar-refractivity contribution in [2.24, 2.45) is 0 Å². The number of ketones is 1. The van der Waals surface area contributed by atoms with Crippen molar-refractivity contribution in [2.75, 3.05) is 5.32 Å². The fourth-order valence-electron chi connectivity index (χ4n) is 2.48. The minimum absolute atomic E-state index is 0.227. The number of hydrogen-bond donors (Lipinski definition) is 1. The smallest absolute Gasteiger partial charge is 0.265 e. The molecule has 1 aliphatic heterocycles. The highest BCUT2D eigenvalue weighted by Crippen LogP contribution is 2.31. The van der Waals surface area contributed by atoms with E-state index >= 15 is 0 Å². The molecule has 1 heterocycles. The number of aldehydes is 1. The predicted octanol–water partition coefficient (Wildman–Crippen LogP) is 2.87. The van der Waals surface area contributed by atoms with Gasteiger partial charge in [0.25, 0.3) is 5.91 Å². The van der Waals surface area contributed by atoms with E-state index in [9.17, 15) is 14.4 Å². The Morgan fingerprint density at radius 3 is 2.64 bits per heavy atom. The molecule has 2 aromatic carbocycles. The van der Waals surface area contributed by atoms with Gasteiger partial charge in [0.15, 0.2) is 12.2 Å². The van der Waals surface area contributed by atoms with Gasteiger partial charge in [-0.05, 0) is 56.3 Å². The first-order valence-electron chi connectivity index (χ1n) is 7.85. The van der Waals surface area contributed by atoms with Crippen molar-refractivity contribution in [3.8, 4) is 11.5 Å². The molecule has 0 radical (unpaired) electrons. The van der Waals surface area contributed by atoms with Crippen molar-refractivity contribution in [2.45, 2.75) is 26.1 Å². The zero-order chi connectivity index (χ0) is 18.0. The first-order chi connectivity index (χ1) is 12.0. The van der Waals surface area contributed by atoms with E-state index in [1.165, 1.54) is 0 Å². The summed E-state index contributed by atoms with van der Waals surface area (Å²) in [5, 5.41) is 2.72. The van der Waals surface area contributed by atoms with Crippen LogP contribution in [0.25, 0.3) is 0 Å². The first-order valence-corrected chi connectivity index (χ1v) is 7.85. The fourth-order valence-corrected chi connectivity index (χ4v) is 2.48. The maximum Gasteiger partial charge on any atom is 0.265 e. The summed E-state index contributed by atoms with van der Waals surface area (Å²) in [5.41, 5.74) is 1.41. The third-order valence-electron chi connectivity index (χ3n) is 3.89. The summed E-state index contributed by atoms with van der Waals surface area (Å²) in [5.74, 6) is 0.545. The average molecular weight is 339 g/mol. The lowest BCUT2D eigenvalue weighted by molar-refractivity contribution is -0.122. The molecule has 25 heavy (non-hydrogen) atoms. The van der Waals surface area contributed by atoms with Crippen LogP contribution in [-0.2, 0) is 4.79 Å². The van der Waals surface area contributed by atoms with Crippen LogP contribution in [0.15, 0.2) is 42.5 Å². The van der Waals surface area contributed by atoms with Crippen molar-refractivity contribution in [1.29, 1.82) is 0 Å². The van der Waals surface area contributed by atoms with E-state index in [0.29, 0.717) is 28.3 Å². The number of Topliss-reactive ketones (excluding diaryl/α,β-unsaturated/α-hetero) is 1. The lowest BCUT2D eigenvalue weighted by atomic mass is 10.0. The van der Waals surface area contributed by atoms with Crippen LogP contribution in [0, 0.1) is 0 Å². The molecule has 1 N–H and O–H groups in total. The highest BCUT2D eigenvalue weighted by atomic mass is 16.5. The Balaban J connectivity index is 1.74. The Morgan fingerprint density at radius 1 is 1.24 bits per heavy atom. The number of carbonyl (C=O) groups excluding carboxylic acids is 3. The van der Waals surface area contributed by atoms with Crippen LogP contribution in [-0.4, -0.2) is 30.2 Å². The lowest BCUT2D eigenvalue weighted by Crippen LogP contribution is -2.34. The summed E-state index contributed by atoms with van der Waals surface area (Å²) in [6, 6.07) is 11.4. The van der Waals surface area contributed by atoms with E-state index in [0.717, 1.165) is 6.29 Å². The standard InChI is InChI=1S/C19H17NO5/c1-11(24-15-6-3-13(10-21)4-7-15)18(22)14-5-8-17-16(9-14)20-19(23)12(2)25-17/h3-12H,1-2H3,(H,20,23). The van der Waals surface area contributed by atoms with Crippen molar-refractivity contribution < 1.29 is 23.9 Å². The number of amides is 1. The lowest BCUT2D eigenvalue weighted by Gasteiger charge is -2.24. The van der Waals surface area contributed by atoms with Gasteiger partial charge in [-0.1, -0.05) is 0 Å². The normalized spacial score (nSPS) is 16.9. The Bertz CT molecular complexity index is 828. The molecule has 0 saturated heterocycles. The predicted molar refractivity (Wildman–Crippen MR) is 91.4 cm³/mol. The zero-order valence-corrected chi connectivity index (χ0v) is 13.8. The van der Waals surface area contributed by atoms with Crippen molar-refractivity contribution in [3.63, 3.8) is 0 Å². The van der Waals surface area contributed by atoms with E-state index in [4.69, 9.17) is 9.47 Å². The van der Waals surface area contributed by atoms with Crippen LogP contribution < -0.4 is 14.8 Å². The first kappa shape index (κ1) is 16.7. The van der Waals surface area contributed by atoms with E-state index in [2.05, 4.69) is 5.32 Å². The number of carbonyl (C=O) groups is 3. The summed E-state index contributed by atoms with van der Waals surface area (Å²) in [4.78, 5) is 34.9. The molecule has 0 aliphatic carbocycles. The third kappa shape index (κ3) is 3.52. The molecule has 2 unspecified atom stereocenters. The van der Waals surface area contributed by atoms with Crippen LogP contribution in [0.4, 0.5) is 5.69 Å². The van der Waals surface area contributed by atoms with Gasteiger partial charge in [0.2, 0.25) is 5.78 Å². The van der Waals surface area contributed by atoms with Crippen molar-refractivity contribution in [3.05, 3.63) is 53.6 Å². The number of rotatable bonds is 5. The molecule has 128 valence electrons. The van der Waals surface area contributed by atoms with Gasteiger partial charge in [-0.2, -0.15) is 0 Å². The third-order valence-corrected chi connectivity index (χ3v) is 3.89. The van der Waals surface area contributed by atoms with Gasteiger partial charge in [0.1, 0.15) is 17.8 Å². The number of benzene rings is 2. The maximum absolute atomic E-state index is 12.6. The van der Waals surface area contributed by atoms with Gasteiger partial charge in [0, 0.05) is 11.1 Å². The molecular formula is C19H17NO5. The number of nitrogens with one attached hydrogen (secondary N) is 1. The monoisotopic (exact) mass is 339 g/mol. The summed E-state index contributed by atoms with van der Waals surface area (Å²) < 4.78 is 11.1. The van der Waals surface area contributed by atoms with Gasteiger partial charge in [0.05, 0.1) is 5.69 Å². The molecule has 6 heteroatoms. The maximum atomic E-state index is 12.6. The molecule has 3 rings (SSSR count). The molecule has 1 aliphatic rings. The second kappa shape index (κ2) is 6.76. The van der Waals surface area contributed by atoms with Gasteiger partial charge in [-0.3, -0.25) is 14.4 Å². The van der Waals surface area contributed by atoms with Crippen LogP contribution in [0.3, 0.4) is 0 Å². The summed E-state index contributed by atoms with van der Waals surface area (Å²) in [6.45, 7) is 3.30. The molecule has 0 spiro atoms. The molecule has 2 aromatic rings. The SMILES string of the molecule is CC1Oc2ccc(C(=O)C(C)Oc3ccc(C=O)cc3)cc2NC1=O. The quantitative estimate of drug-likeness (QED) is 0.669. The van der Waals surface area contributed by atoms with Gasteiger partial charge in [-0.15, -0.1) is 0 Å². The Morgan fingerprint density at radius 2 is 1.96 bits per heavy atom.